The van der Waals surface area contributed by atoms with Gasteiger partial charge in [-0.3, -0.25) is 14.9 Å². The van der Waals surface area contributed by atoms with Gasteiger partial charge in [0.1, 0.15) is 0 Å². The zero-order valence-corrected chi connectivity index (χ0v) is 14.5. The van der Waals surface area contributed by atoms with Crippen LogP contribution >= 0.6 is 0 Å². The van der Waals surface area contributed by atoms with Gasteiger partial charge in [-0.15, -0.1) is 0 Å². The van der Waals surface area contributed by atoms with Crippen molar-refractivity contribution in [3.63, 3.8) is 0 Å². The lowest BCUT2D eigenvalue weighted by atomic mass is 10.1. The summed E-state index contributed by atoms with van der Waals surface area (Å²) in [6.07, 6.45) is 2.35. The summed E-state index contributed by atoms with van der Waals surface area (Å²) < 4.78 is 31.6. The highest BCUT2D eigenvalue weighted by molar-refractivity contribution is 7.89. The third kappa shape index (κ3) is 3.75. The van der Waals surface area contributed by atoms with Gasteiger partial charge in [0.15, 0.2) is 5.76 Å². The van der Waals surface area contributed by atoms with Crippen molar-refractivity contribution in [1.29, 1.82) is 0 Å². The lowest BCUT2D eigenvalue weighted by molar-refractivity contribution is -0.384. The van der Waals surface area contributed by atoms with Crippen LogP contribution in [0.4, 0.5) is 5.69 Å². The summed E-state index contributed by atoms with van der Waals surface area (Å²) >= 11 is 0. The predicted octanol–water partition coefficient (Wildman–Crippen LogP) is 1.77. The third-order valence-corrected chi connectivity index (χ3v) is 6.13. The maximum absolute atomic E-state index is 12.6. The van der Waals surface area contributed by atoms with Crippen molar-refractivity contribution < 1.29 is 22.6 Å². The fourth-order valence-corrected chi connectivity index (χ4v) is 4.26. The molecule has 1 aromatic heterocycles. The Morgan fingerprint density at radius 1 is 1.19 bits per heavy atom. The van der Waals surface area contributed by atoms with E-state index in [0.717, 1.165) is 0 Å². The van der Waals surface area contributed by atoms with Crippen LogP contribution in [-0.4, -0.2) is 42.7 Å². The second-order valence-electron chi connectivity index (χ2n) is 5.88. The summed E-state index contributed by atoms with van der Waals surface area (Å²) in [6.45, 7) is 0.505. The first-order valence-electron chi connectivity index (χ1n) is 7.97. The topological polar surface area (TPSA) is 123 Å². The number of carbonyl (C=O) groups excluding carboxylic acids is 1. The second-order valence-corrected chi connectivity index (χ2v) is 7.82. The van der Waals surface area contributed by atoms with Crippen LogP contribution in [0.1, 0.15) is 23.4 Å². The lowest BCUT2D eigenvalue weighted by Gasteiger charge is -2.31. The van der Waals surface area contributed by atoms with Gasteiger partial charge in [0.25, 0.3) is 11.6 Å². The number of sulfonamides is 1. The molecule has 2 aromatic rings. The molecular formula is C16H17N3O6S. The molecule has 0 unspecified atom stereocenters. The van der Waals surface area contributed by atoms with Gasteiger partial charge in [0.05, 0.1) is 16.1 Å². The molecule has 1 N–H and O–H groups in total. The van der Waals surface area contributed by atoms with Crippen LogP contribution in [0.15, 0.2) is 52.0 Å². The summed E-state index contributed by atoms with van der Waals surface area (Å²) in [5.74, 6) is -0.113. The van der Waals surface area contributed by atoms with Crippen LogP contribution in [0, 0.1) is 10.1 Å². The minimum absolute atomic E-state index is 0.0150. The van der Waals surface area contributed by atoms with Crippen molar-refractivity contribution in [3.05, 3.63) is 58.5 Å². The number of hydrogen-bond donors (Lipinski definition) is 1. The monoisotopic (exact) mass is 379 g/mol. The van der Waals surface area contributed by atoms with Crippen molar-refractivity contribution >= 4 is 21.6 Å². The molecule has 1 saturated heterocycles. The zero-order valence-electron chi connectivity index (χ0n) is 13.7. The smallest absolute Gasteiger partial charge is 0.287 e. The fourth-order valence-electron chi connectivity index (χ4n) is 2.79. The molecule has 1 amide bonds. The van der Waals surface area contributed by atoms with Gasteiger partial charge in [-0.1, -0.05) is 0 Å². The first-order chi connectivity index (χ1) is 12.4. The van der Waals surface area contributed by atoms with Gasteiger partial charge < -0.3 is 9.73 Å². The van der Waals surface area contributed by atoms with Crippen LogP contribution in [0.3, 0.4) is 0 Å². The average molecular weight is 379 g/mol. The predicted molar refractivity (Wildman–Crippen MR) is 91.1 cm³/mol. The highest BCUT2D eigenvalue weighted by atomic mass is 32.2. The molecule has 0 saturated carbocycles. The van der Waals surface area contributed by atoms with Gasteiger partial charge in [0, 0.05) is 31.3 Å². The largest absolute Gasteiger partial charge is 0.459 e. The molecule has 1 aromatic carbocycles. The van der Waals surface area contributed by atoms with Crippen molar-refractivity contribution in [2.45, 2.75) is 23.8 Å². The minimum Gasteiger partial charge on any atom is -0.459 e. The Kier molecular flexibility index (Phi) is 5.05. The Labute approximate surface area is 149 Å². The van der Waals surface area contributed by atoms with E-state index >= 15 is 0 Å². The molecule has 3 rings (SSSR count). The number of hydrogen-bond acceptors (Lipinski definition) is 6. The van der Waals surface area contributed by atoms with Crippen LogP contribution in [-0.2, 0) is 10.0 Å². The maximum Gasteiger partial charge on any atom is 0.287 e. The Bertz CT molecular complexity index is 885. The van der Waals surface area contributed by atoms with Gasteiger partial charge in [-0.25, -0.2) is 8.42 Å². The number of benzene rings is 1. The number of nitrogens with zero attached hydrogens (tertiary/aromatic N) is 2. The number of piperidine rings is 1. The molecule has 0 radical (unpaired) electrons. The van der Waals surface area contributed by atoms with Crippen LogP contribution in [0.25, 0.3) is 0 Å². The zero-order chi connectivity index (χ0) is 18.7. The first-order valence-corrected chi connectivity index (χ1v) is 9.41. The minimum atomic E-state index is -3.72. The van der Waals surface area contributed by atoms with Crippen molar-refractivity contribution in [1.82, 2.24) is 9.62 Å². The molecular weight excluding hydrogens is 362 g/mol. The highest BCUT2D eigenvalue weighted by Gasteiger charge is 2.30. The summed E-state index contributed by atoms with van der Waals surface area (Å²) in [5.41, 5.74) is -0.164. The van der Waals surface area contributed by atoms with Crippen molar-refractivity contribution in [2.24, 2.45) is 0 Å². The number of furan rings is 1. The molecule has 0 spiro atoms. The normalized spacial score (nSPS) is 16.3. The van der Waals surface area contributed by atoms with E-state index in [9.17, 15) is 23.3 Å². The number of non-ortho nitro benzene ring substituents is 1. The third-order valence-electron chi connectivity index (χ3n) is 4.22. The Morgan fingerprint density at radius 3 is 2.38 bits per heavy atom. The molecule has 9 nitrogen and oxygen atoms in total. The van der Waals surface area contributed by atoms with Crippen molar-refractivity contribution in [2.75, 3.05) is 13.1 Å². The van der Waals surface area contributed by atoms with E-state index in [2.05, 4.69) is 5.32 Å². The first kappa shape index (κ1) is 18.1. The fraction of sp³-hybridized carbons (Fsp3) is 0.312. The Hall–Kier alpha value is -2.72. The SMILES string of the molecule is O=C(NC1CCN(S(=O)(=O)c2ccc([N+](=O)[O-])cc2)CC1)c1ccco1. The maximum atomic E-state index is 12.6. The molecule has 1 fully saturated rings. The number of carbonyl (C=O) groups is 1. The van der Waals surface area contributed by atoms with Gasteiger partial charge in [0.2, 0.25) is 10.0 Å². The Morgan fingerprint density at radius 2 is 1.85 bits per heavy atom. The number of nitro benzene ring substituents is 1. The average Bonchev–Trinajstić information content (AvgIpc) is 3.17. The second kappa shape index (κ2) is 7.26. The molecule has 1 aliphatic heterocycles. The van der Waals surface area contributed by atoms with E-state index in [1.54, 1.807) is 12.1 Å². The lowest BCUT2D eigenvalue weighted by Crippen LogP contribution is -2.46. The molecule has 138 valence electrons. The van der Waals surface area contributed by atoms with Crippen LogP contribution in [0.2, 0.25) is 0 Å². The van der Waals surface area contributed by atoms with E-state index < -0.39 is 14.9 Å². The number of rotatable bonds is 5. The number of nitro groups is 1. The summed E-state index contributed by atoms with van der Waals surface area (Å²) in [7, 11) is -3.72. The highest BCUT2D eigenvalue weighted by Crippen LogP contribution is 2.23. The van der Waals surface area contributed by atoms with Gasteiger partial charge >= 0.3 is 0 Å². The molecule has 0 atom stereocenters. The molecule has 0 aliphatic carbocycles. The quantitative estimate of drug-likeness (QED) is 0.624. The van der Waals surface area contributed by atoms with Gasteiger partial charge in [-0.05, 0) is 37.1 Å². The van der Waals surface area contributed by atoms with E-state index in [1.165, 1.54) is 34.8 Å². The summed E-state index contributed by atoms with van der Waals surface area (Å²) in [6, 6.07) is 7.84. The molecule has 0 bridgehead atoms. The Balaban J connectivity index is 1.61. The number of amides is 1. The van der Waals surface area contributed by atoms with Crippen LogP contribution in [0.5, 0.6) is 0 Å². The molecule has 2 heterocycles. The van der Waals surface area contributed by atoms with E-state index in [0.29, 0.717) is 12.8 Å². The van der Waals surface area contributed by atoms with Gasteiger partial charge in [-0.2, -0.15) is 4.31 Å². The molecule has 10 heteroatoms. The number of nitrogens with one attached hydrogen (secondary N) is 1. The molecule has 26 heavy (non-hydrogen) atoms. The molecule has 1 aliphatic rings. The standard InChI is InChI=1S/C16H17N3O6S/c20-16(15-2-1-11-25-15)17-12-7-9-18(10-8-12)26(23,24)14-5-3-13(4-6-14)19(21)22/h1-6,11-12H,7-10H2,(H,17,20). The van der Waals surface area contributed by atoms with Crippen molar-refractivity contribution in [3.8, 4) is 0 Å². The van der Waals surface area contributed by atoms with E-state index in [1.807, 2.05) is 0 Å². The summed E-state index contributed by atoms with van der Waals surface area (Å²) in [4.78, 5) is 22.1. The van der Waals surface area contributed by atoms with Crippen LogP contribution < -0.4 is 5.32 Å². The van der Waals surface area contributed by atoms with E-state index in [-0.39, 0.29) is 41.4 Å². The van der Waals surface area contributed by atoms with E-state index in [4.69, 9.17) is 4.42 Å². The summed E-state index contributed by atoms with van der Waals surface area (Å²) in [5, 5.41) is 13.5.